The third-order valence-electron chi connectivity index (χ3n) is 2.83. The molecule has 0 spiro atoms. The van der Waals surface area contributed by atoms with Gasteiger partial charge in [-0.15, -0.1) is 0 Å². The van der Waals surface area contributed by atoms with E-state index in [0.717, 1.165) is 12.8 Å². The van der Waals surface area contributed by atoms with Gasteiger partial charge in [-0.3, -0.25) is 0 Å². The summed E-state index contributed by atoms with van der Waals surface area (Å²) >= 11 is 0. The van der Waals surface area contributed by atoms with Crippen LogP contribution in [0.2, 0.25) is 0 Å². The predicted octanol–water partition coefficient (Wildman–Crippen LogP) is 0.321. The fraction of sp³-hybridized carbons (Fsp3) is 1.00. The van der Waals surface area contributed by atoms with E-state index in [0.29, 0.717) is 38.8 Å². The molecule has 0 aliphatic carbocycles. The highest BCUT2D eigenvalue weighted by atomic mass is 32.2. The van der Waals surface area contributed by atoms with Crippen molar-refractivity contribution < 1.29 is 17.9 Å². The lowest BCUT2D eigenvalue weighted by Gasteiger charge is -2.29. The highest BCUT2D eigenvalue weighted by Gasteiger charge is 2.24. The Bertz CT molecular complexity index is 283. The molecular weight excluding hydrogens is 230 g/mol. The first-order valence-corrected chi connectivity index (χ1v) is 7.40. The summed E-state index contributed by atoms with van der Waals surface area (Å²) in [4.78, 5) is 0. The first-order valence-electron chi connectivity index (χ1n) is 5.56. The fourth-order valence-electron chi connectivity index (χ4n) is 1.80. The van der Waals surface area contributed by atoms with Crippen LogP contribution in [0.3, 0.4) is 0 Å². The highest BCUT2D eigenvalue weighted by molar-refractivity contribution is 7.88. The smallest absolute Gasteiger partial charge is 0.211 e. The minimum atomic E-state index is -3.01. The molecule has 5 nitrogen and oxygen atoms in total. The maximum Gasteiger partial charge on any atom is 0.211 e. The van der Waals surface area contributed by atoms with E-state index in [1.54, 1.807) is 11.4 Å². The largest absolute Gasteiger partial charge is 0.382 e. The molecule has 1 aliphatic rings. The highest BCUT2D eigenvalue weighted by Crippen LogP contribution is 2.19. The quantitative estimate of drug-likeness (QED) is 0.638. The van der Waals surface area contributed by atoms with Crippen molar-refractivity contribution in [2.24, 2.45) is 5.92 Å². The van der Waals surface area contributed by atoms with Crippen molar-refractivity contribution in [1.29, 1.82) is 0 Å². The number of rotatable bonds is 6. The van der Waals surface area contributed by atoms with Crippen molar-refractivity contribution in [3.05, 3.63) is 0 Å². The molecule has 0 aromatic carbocycles. The molecule has 6 heteroatoms. The molecule has 1 aliphatic heterocycles. The van der Waals surface area contributed by atoms with E-state index in [9.17, 15) is 8.42 Å². The summed E-state index contributed by atoms with van der Waals surface area (Å²) < 4.78 is 34.4. The molecule has 0 atom stereocenters. The van der Waals surface area contributed by atoms with Crippen molar-refractivity contribution in [3.8, 4) is 0 Å². The van der Waals surface area contributed by atoms with Crippen molar-refractivity contribution in [2.75, 3.05) is 46.3 Å². The molecule has 1 heterocycles. The van der Waals surface area contributed by atoms with Crippen LogP contribution in [0.15, 0.2) is 0 Å². The van der Waals surface area contributed by atoms with E-state index in [-0.39, 0.29) is 0 Å². The summed E-state index contributed by atoms with van der Waals surface area (Å²) in [7, 11) is -1.36. The number of ether oxygens (including phenoxy) is 2. The van der Waals surface area contributed by atoms with Gasteiger partial charge >= 0.3 is 0 Å². The van der Waals surface area contributed by atoms with Gasteiger partial charge in [-0.25, -0.2) is 12.7 Å². The van der Waals surface area contributed by atoms with Crippen LogP contribution in [0, 0.1) is 5.92 Å². The summed E-state index contributed by atoms with van der Waals surface area (Å²) in [6.07, 6.45) is 3.04. The van der Waals surface area contributed by atoms with Crippen molar-refractivity contribution in [3.63, 3.8) is 0 Å². The molecule has 0 unspecified atom stereocenters. The Kier molecular flexibility index (Phi) is 5.68. The van der Waals surface area contributed by atoms with E-state index >= 15 is 0 Å². The van der Waals surface area contributed by atoms with Crippen LogP contribution in [0.1, 0.15) is 12.8 Å². The average molecular weight is 251 g/mol. The van der Waals surface area contributed by atoms with Gasteiger partial charge < -0.3 is 9.47 Å². The molecule has 1 fully saturated rings. The van der Waals surface area contributed by atoms with Crippen LogP contribution in [0.5, 0.6) is 0 Å². The van der Waals surface area contributed by atoms with Crippen LogP contribution in [-0.2, 0) is 19.5 Å². The number of piperidine rings is 1. The topological polar surface area (TPSA) is 55.8 Å². The van der Waals surface area contributed by atoms with Gasteiger partial charge in [0.25, 0.3) is 0 Å². The molecule has 0 radical (unpaired) electrons. The number of hydrogen-bond acceptors (Lipinski definition) is 4. The SMILES string of the molecule is COCCOCC1CCN(S(C)(=O)=O)CC1. The van der Waals surface area contributed by atoms with E-state index < -0.39 is 10.0 Å². The molecule has 96 valence electrons. The van der Waals surface area contributed by atoms with E-state index in [4.69, 9.17) is 9.47 Å². The number of methoxy groups -OCH3 is 1. The summed E-state index contributed by atoms with van der Waals surface area (Å²) in [5.74, 6) is 0.481. The Morgan fingerprint density at radius 2 is 1.88 bits per heavy atom. The summed E-state index contributed by atoms with van der Waals surface area (Å²) in [5.41, 5.74) is 0. The van der Waals surface area contributed by atoms with Crippen molar-refractivity contribution >= 4 is 10.0 Å². The Labute approximate surface area is 97.8 Å². The van der Waals surface area contributed by atoms with Crippen molar-refractivity contribution in [1.82, 2.24) is 4.31 Å². The zero-order valence-corrected chi connectivity index (χ0v) is 10.8. The number of sulfonamides is 1. The third-order valence-corrected chi connectivity index (χ3v) is 4.13. The van der Waals surface area contributed by atoms with Gasteiger partial charge in [-0.1, -0.05) is 0 Å². The minimum absolute atomic E-state index is 0.481. The van der Waals surface area contributed by atoms with Gasteiger partial charge in [-0.2, -0.15) is 0 Å². The molecule has 1 rings (SSSR count). The third kappa shape index (κ3) is 4.78. The van der Waals surface area contributed by atoms with Gasteiger partial charge in [0.2, 0.25) is 10.0 Å². The first-order chi connectivity index (χ1) is 7.54. The second kappa shape index (κ2) is 6.54. The fourth-order valence-corrected chi connectivity index (χ4v) is 2.67. The Hall–Kier alpha value is -0.170. The summed E-state index contributed by atoms with van der Waals surface area (Å²) in [6, 6.07) is 0. The lowest BCUT2D eigenvalue weighted by atomic mass is 9.99. The first kappa shape index (κ1) is 13.9. The average Bonchev–Trinajstić information content (AvgIpc) is 2.24. The van der Waals surface area contributed by atoms with Crippen LogP contribution in [0.25, 0.3) is 0 Å². The van der Waals surface area contributed by atoms with Crippen LogP contribution >= 0.6 is 0 Å². The molecule has 0 bridgehead atoms. The normalized spacial score (nSPS) is 20.1. The molecule has 0 amide bonds. The molecule has 0 aromatic heterocycles. The molecule has 0 aromatic rings. The van der Waals surface area contributed by atoms with E-state index in [2.05, 4.69) is 0 Å². The minimum Gasteiger partial charge on any atom is -0.382 e. The monoisotopic (exact) mass is 251 g/mol. The van der Waals surface area contributed by atoms with E-state index in [1.807, 2.05) is 0 Å². The summed E-state index contributed by atoms with van der Waals surface area (Å²) in [6.45, 7) is 3.18. The molecule has 0 saturated carbocycles. The Morgan fingerprint density at radius 1 is 1.25 bits per heavy atom. The lowest BCUT2D eigenvalue weighted by molar-refractivity contribution is 0.0411. The van der Waals surface area contributed by atoms with Gasteiger partial charge in [0.15, 0.2) is 0 Å². The Morgan fingerprint density at radius 3 is 2.38 bits per heavy atom. The zero-order valence-electron chi connectivity index (χ0n) is 10.0. The van der Waals surface area contributed by atoms with Gasteiger partial charge in [0.1, 0.15) is 0 Å². The lowest BCUT2D eigenvalue weighted by Crippen LogP contribution is -2.38. The number of hydrogen-bond donors (Lipinski definition) is 0. The zero-order chi connectivity index (χ0) is 12.0. The summed E-state index contributed by atoms with van der Waals surface area (Å²) in [5, 5.41) is 0. The number of nitrogens with zero attached hydrogens (tertiary/aromatic N) is 1. The van der Waals surface area contributed by atoms with Crippen molar-refractivity contribution in [2.45, 2.75) is 12.8 Å². The second-order valence-electron chi connectivity index (χ2n) is 4.17. The standard InChI is InChI=1S/C10H21NO4S/c1-14-7-8-15-9-10-3-5-11(6-4-10)16(2,12)13/h10H,3-9H2,1-2H3. The molecule has 16 heavy (non-hydrogen) atoms. The Balaban J connectivity index is 2.17. The maximum atomic E-state index is 11.3. The van der Waals surface area contributed by atoms with Gasteiger partial charge in [-0.05, 0) is 18.8 Å². The predicted molar refractivity (Wildman–Crippen MR) is 61.8 cm³/mol. The van der Waals surface area contributed by atoms with Crippen LogP contribution in [0.4, 0.5) is 0 Å². The van der Waals surface area contributed by atoms with Gasteiger partial charge in [0, 0.05) is 26.8 Å². The van der Waals surface area contributed by atoms with Gasteiger partial charge in [0.05, 0.1) is 19.5 Å². The molecular formula is C10H21NO4S. The van der Waals surface area contributed by atoms with Crippen LogP contribution in [-0.4, -0.2) is 59.0 Å². The van der Waals surface area contributed by atoms with Crippen LogP contribution < -0.4 is 0 Å². The molecule has 1 saturated heterocycles. The molecule has 0 N–H and O–H groups in total. The van der Waals surface area contributed by atoms with E-state index in [1.165, 1.54) is 6.26 Å². The maximum absolute atomic E-state index is 11.3. The second-order valence-corrected chi connectivity index (χ2v) is 6.16.